The van der Waals surface area contributed by atoms with E-state index in [2.05, 4.69) is 29.1 Å². The first kappa shape index (κ1) is 15.5. The fourth-order valence-electron chi connectivity index (χ4n) is 1.77. The first-order chi connectivity index (χ1) is 9.21. The summed E-state index contributed by atoms with van der Waals surface area (Å²) in [4.78, 5) is 10.5. The quantitative estimate of drug-likeness (QED) is 0.628. The Hall–Kier alpha value is -1.56. The summed E-state index contributed by atoms with van der Waals surface area (Å²) < 4.78 is 0. The van der Waals surface area contributed by atoms with Crippen LogP contribution in [0.1, 0.15) is 33.1 Å². The number of aliphatic hydroxyl groups excluding tert-OH is 1. The summed E-state index contributed by atoms with van der Waals surface area (Å²) in [5.74, 6) is 1.77. The average Bonchev–Trinajstić information content (AvgIpc) is 2.40. The third-order valence-electron chi connectivity index (χ3n) is 2.76. The van der Waals surface area contributed by atoms with Crippen molar-refractivity contribution in [3.63, 3.8) is 0 Å². The van der Waals surface area contributed by atoms with Crippen LogP contribution < -0.4 is 16.0 Å². The van der Waals surface area contributed by atoms with Gasteiger partial charge < -0.3 is 21.1 Å². The van der Waals surface area contributed by atoms with Gasteiger partial charge in [-0.15, -0.1) is 0 Å². The highest BCUT2D eigenvalue weighted by Crippen LogP contribution is 2.17. The Balaban J connectivity index is 2.84. The first-order valence-corrected chi connectivity index (χ1v) is 6.95. The number of nitrogens with one attached hydrogen (secondary N) is 1. The second-order valence-electron chi connectivity index (χ2n) is 4.46. The highest BCUT2D eigenvalue weighted by Gasteiger charge is 2.10. The molecule has 0 aliphatic heterocycles. The van der Waals surface area contributed by atoms with Gasteiger partial charge in [0.15, 0.2) is 0 Å². The number of nitrogens with zero attached hydrogens (tertiary/aromatic N) is 3. The monoisotopic (exact) mass is 267 g/mol. The predicted molar refractivity (Wildman–Crippen MR) is 79.4 cm³/mol. The van der Waals surface area contributed by atoms with Crippen LogP contribution in [0.4, 0.5) is 17.6 Å². The van der Waals surface area contributed by atoms with E-state index < -0.39 is 0 Å². The van der Waals surface area contributed by atoms with Gasteiger partial charge in [0, 0.05) is 25.7 Å². The van der Waals surface area contributed by atoms with Gasteiger partial charge in [0.05, 0.1) is 6.61 Å². The lowest BCUT2D eigenvalue weighted by molar-refractivity contribution is 0.301. The lowest BCUT2D eigenvalue weighted by atomic mass is 10.3. The van der Waals surface area contributed by atoms with Crippen molar-refractivity contribution in [1.29, 1.82) is 0 Å². The summed E-state index contributed by atoms with van der Waals surface area (Å²) in [5, 5.41) is 12.4. The number of nitrogen functional groups attached to an aromatic ring is 1. The maximum absolute atomic E-state index is 9.15. The van der Waals surface area contributed by atoms with E-state index in [1.165, 1.54) is 0 Å². The number of anilines is 3. The zero-order valence-corrected chi connectivity index (χ0v) is 11.9. The molecular weight excluding hydrogens is 242 g/mol. The molecule has 0 saturated heterocycles. The molecule has 1 aromatic rings. The van der Waals surface area contributed by atoms with Crippen molar-refractivity contribution >= 4 is 17.6 Å². The molecule has 6 heteroatoms. The molecule has 19 heavy (non-hydrogen) atoms. The molecule has 0 amide bonds. The van der Waals surface area contributed by atoms with Crippen molar-refractivity contribution in [2.24, 2.45) is 0 Å². The van der Waals surface area contributed by atoms with Crippen molar-refractivity contribution < 1.29 is 5.11 Å². The summed E-state index contributed by atoms with van der Waals surface area (Å²) in [6, 6.07) is 1.89. The zero-order chi connectivity index (χ0) is 14.1. The SMILES string of the molecule is CCCCN(CCO)c1cc(NCCC)nc(N)n1. The molecule has 4 N–H and O–H groups in total. The number of hydrogen-bond acceptors (Lipinski definition) is 6. The Morgan fingerprint density at radius 3 is 2.68 bits per heavy atom. The molecule has 1 rings (SSSR count). The molecule has 108 valence electrons. The van der Waals surface area contributed by atoms with Gasteiger partial charge in [0.25, 0.3) is 0 Å². The summed E-state index contributed by atoms with van der Waals surface area (Å²) >= 11 is 0. The van der Waals surface area contributed by atoms with E-state index in [-0.39, 0.29) is 12.6 Å². The van der Waals surface area contributed by atoms with Gasteiger partial charge in [-0.1, -0.05) is 20.3 Å². The van der Waals surface area contributed by atoms with E-state index in [1.807, 2.05) is 11.0 Å². The first-order valence-electron chi connectivity index (χ1n) is 6.95. The van der Waals surface area contributed by atoms with Crippen molar-refractivity contribution in [2.75, 3.05) is 42.2 Å². The van der Waals surface area contributed by atoms with Gasteiger partial charge in [0.1, 0.15) is 11.6 Å². The lowest BCUT2D eigenvalue weighted by Crippen LogP contribution is -2.29. The number of hydrogen-bond donors (Lipinski definition) is 3. The number of rotatable bonds is 9. The second-order valence-corrected chi connectivity index (χ2v) is 4.46. The average molecular weight is 267 g/mol. The molecule has 1 heterocycles. The van der Waals surface area contributed by atoms with Crippen molar-refractivity contribution in [3.8, 4) is 0 Å². The highest BCUT2D eigenvalue weighted by molar-refractivity contribution is 5.52. The van der Waals surface area contributed by atoms with E-state index in [1.54, 1.807) is 0 Å². The fourth-order valence-corrected chi connectivity index (χ4v) is 1.77. The van der Waals surface area contributed by atoms with Gasteiger partial charge >= 0.3 is 0 Å². The number of aromatic nitrogens is 2. The van der Waals surface area contributed by atoms with E-state index in [9.17, 15) is 0 Å². The largest absolute Gasteiger partial charge is 0.395 e. The molecule has 0 atom stereocenters. The van der Waals surface area contributed by atoms with Crippen LogP contribution in [0.15, 0.2) is 6.07 Å². The van der Waals surface area contributed by atoms with Gasteiger partial charge in [-0.05, 0) is 12.8 Å². The molecule has 0 radical (unpaired) electrons. The number of unbranched alkanes of at least 4 members (excludes halogenated alkanes) is 1. The lowest BCUT2D eigenvalue weighted by Gasteiger charge is -2.23. The summed E-state index contributed by atoms with van der Waals surface area (Å²) in [5.41, 5.74) is 5.74. The topological polar surface area (TPSA) is 87.3 Å². The Labute approximate surface area is 115 Å². The Bertz CT molecular complexity index is 372. The maximum Gasteiger partial charge on any atom is 0.223 e. The van der Waals surface area contributed by atoms with Crippen LogP contribution in [-0.2, 0) is 0 Å². The van der Waals surface area contributed by atoms with Gasteiger partial charge in [-0.25, -0.2) is 0 Å². The van der Waals surface area contributed by atoms with Gasteiger partial charge in [-0.2, -0.15) is 9.97 Å². The molecule has 0 bridgehead atoms. The third-order valence-corrected chi connectivity index (χ3v) is 2.76. The smallest absolute Gasteiger partial charge is 0.223 e. The Morgan fingerprint density at radius 1 is 1.26 bits per heavy atom. The van der Waals surface area contributed by atoms with Crippen LogP contribution in [0.2, 0.25) is 0 Å². The molecule has 1 aromatic heterocycles. The van der Waals surface area contributed by atoms with Gasteiger partial charge in [-0.3, -0.25) is 0 Å². The molecule has 0 spiro atoms. The van der Waals surface area contributed by atoms with E-state index in [0.717, 1.165) is 44.0 Å². The fraction of sp³-hybridized carbons (Fsp3) is 0.692. The minimum absolute atomic E-state index is 0.103. The third kappa shape index (κ3) is 5.30. The summed E-state index contributed by atoms with van der Waals surface area (Å²) in [6.45, 7) is 6.61. The minimum Gasteiger partial charge on any atom is -0.395 e. The van der Waals surface area contributed by atoms with Crippen LogP contribution >= 0.6 is 0 Å². The molecule has 0 unspecified atom stereocenters. The molecule has 0 fully saturated rings. The maximum atomic E-state index is 9.15. The van der Waals surface area contributed by atoms with Crippen LogP contribution in [0, 0.1) is 0 Å². The second kappa shape index (κ2) is 8.53. The van der Waals surface area contributed by atoms with Crippen molar-refractivity contribution in [2.45, 2.75) is 33.1 Å². The Morgan fingerprint density at radius 2 is 2.05 bits per heavy atom. The normalized spacial score (nSPS) is 10.5. The van der Waals surface area contributed by atoms with Crippen molar-refractivity contribution in [1.82, 2.24) is 9.97 Å². The molecule has 0 aliphatic rings. The molecular formula is C13H25N5O. The van der Waals surface area contributed by atoms with Crippen LogP contribution in [0.5, 0.6) is 0 Å². The van der Waals surface area contributed by atoms with Crippen LogP contribution in [0.25, 0.3) is 0 Å². The molecule has 0 saturated carbocycles. The summed E-state index contributed by atoms with van der Waals surface area (Å²) in [7, 11) is 0. The predicted octanol–water partition coefficient (Wildman–Crippen LogP) is 1.48. The molecule has 0 aromatic carbocycles. The number of aliphatic hydroxyl groups is 1. The van der Waals surface area contributed by atoms with E-state index >= 15 is 0 Å². The van der Waals surface area contributed by atoms with E-state index in [0.29, 0.717) is 6.54 Å². The number of nitrogens with two attached hydrogens (primary N) is 1. The molecule has 6 nitrogen and oxygen atoms in total. The highest BCUT2D eigenvalue weighted by atomic mass is 16.3. The van der Waals surface area contributed by atoms with Crippen LogP contribution in [0.3, 0.4) is 0 Å². The standard InChI is InChI=1S/C13H25N5O/c1-3-5-7-18(8-9-19)12-10-11(15-6-4-2)16-13(14)17-12/h10,19H,3-9H2,1-2H3,(H3,14,15,16,17). The van der Waals surface area contributed by atoms with E-state index in [4.69, 9.17) is 10.8 Å². The Kier molecular flexibility index (Phi) is 6.95. The summed E-state index contributed by atoms with van der Waals surface area (Å²) in [6.07, 6.45) is 3.18. The van der Waals surface area contributed by atoms with Gasteiger partial charge in [0.2, 0.25) is 5.95 Å². The zero-order valence-electron chi connectivity index (χ0n) is 11.9. The van der Waals surface area contributed by atoms with Crippen molar-refractivity contribution in [3.05, 3.63) is 6.07 Å². The minimum atomic E-state index is 0.103. The molecule has 0 aliphatic carbocycles. The van der Waals surface area contributed by atoms with Crippen LogP contribution in [-0.4, -0.2) is 41.3 Å².